The maximum absolute atomic E-state index is 12.8. The number of carbonyl (C=O) groups excluding carboxylic acids is 2. The molecule has 0 unspecified atom stereocenters. The van der Waals surface area contributed by atoms with Crippen molar-refractivity contribution < 1.29 is 14.3 Å². The van der Waals surface area contributed by atoms with E-state index in [0.717, 1.165) is 19.4 Å². The molecule has 2 amide bonds. The lowest BCUT2D eigenvalue weighted by Gasteiger charge is -2.33. The normalized spacial score (nSPS) is 20.1. The van der Waals surface area contributed by atoms with Crippen molar-refractivity contribution in [3.63, 3.8) is 0 Å². The SMILES string of the molecule is O=C1COc2ccc(C(=O)N3CCC[C@H](n4ccnc4)C3)cc2N1. The van der Waals surface area contributed by atoms with Gasteiger partial charge in [0, 0.05) is 31.0 Å². The molecule has 0 saturated carbocycles. The molecule has 7 nitrogen and oxygen atoms in total. The molecule has 1 fully saturated rings. The van der Waals surface area contributed by atoms with Gasteiger partial charge in [-0.2, -0.15) is 0 Å². The first-order valence-electron chi connectivity index (χ1n) is 8.04. The second kappa shape index (κ2) is 5.99. The molecule has 2 aliphatic rings. The number of nitrogens with zero attached hydrogens (tertiary/aromatic N) is 3. The van der Waals surface area contributed by atoms with Gasteiger partial charge < -0.3 is 19.5 Å². The molecule has 0 spiro atoms. The van der Waals surface area contributed by atoms with Crippen LogP contribution in [0, 0.1) is 0 Å². The molecule has 1 saturated heterocycles. The highest BCUT2D eigenvalue weighted by Gasteiger charge is 2.26. The monoisotopic (exact) mass is 326 g/mol. The number of amides is 2. The van der Waals surface area contributed by atoms with Gasteiger partial charge in [-0.05, 0) is 31.0 Å². The largest absolute Gasteiger partial charge is 0.482 e. The van der Waals surface area contributed by atoms with Crippen molar-refractivity contribution >= 4 is 17.5 Å². The number of fused-ring (bicyclic) bond motifs is 1. The number of benzene rings is 1. The molecule has 1 atom stereocenters. The minimum Gasteiger partial charge on any atom is -0.482 e. The quantitative estimate of drug-likeness (QED) is 0.911. The second-order valence-electron chi connectivity index (χ2n) is 6.10. The minimum absolute atomic E-state index is 0.0129. The Labute approximate surface area is 139 Å². The highest BCUT2D eigenvalue weighted by atomic mass is 16.5. The van der Waals surface area contributed by atoms with Gasteiger partial charge in [-0.25, -0.2) is 4.98 Å². The second-order valence-corrected chi connectivity index (χ2v) is 6.10. The average Bonchev–Trinajstić information content (AvgIpc) is 3.15. The van der Waals surface area contributed by atoms with Gasteiger partial charge in [-0.15, -0.1) is 0 Å². The van der Waals surface area contributed by atoms with E-state index in [-0.39, 0.29) is 24.5 Å². The molecule has 24 heavy (non-hydrogen) atoms. The summed E-state index contributed by atoms with van der Waals surface area (Å²) in [4.78, 5) is 30.2. The Bertz CT molecular complexity index is 772. The Morgan fingerprint density at radius 1 is 1.38 bits per heavy atom. The molecular weight excluding hydrogens is 308 g/mol. The summed E-state index contributed by atoms with van der Waals surface area (Å²) in [5.41, 5.74) is 1.12. The van der Waals surface area contributed by atoms with Crippen molar-refractivity contribution in [2.75, 3.05) is 25.0 Å². The van der Waals surface area contributed by atoms with Crippen LogP contribution in [-0.4, -0.2) is 46.0 Å². The fourth-order valence-electron chi connectivity index (χ4n) is 3.27. The lowest BCUT2D eigenvalue weighted by atomic mass is 10.0. The van der Waals surface area contributed by atoms with Crippen LogP contribution in [-0.2, 0) is 4.79 Å². The van der Waals surface area contributed by atoms with Crippen LogP contribution in [0.3, 0.4) is 0 Å². The molecule has 0 aliphatic carbocycles. The Morgan fingerprint density at radius 2 is 2.29 bits per heavy atom. The lowest BCUT2D eigenvalue weighted by molar-refractivity contribution is -0.118. The van der Waals surface area contributed by atoms with Crippen LogP contribution >= 0.6 is 0 Å². The van der Waals surface area contributed by atoms with E-state index in [1.54, 1.807) is 30.7 Å². The van der Waals surface area contributed by atoms with Gasteiger partial charge in [-0.1, -0.05) is 0 Å². The van der Waals surface area contributed by atoms with Crippen molar-refractivity contribution in [2.45, 2.75) is 18.9 Å². The molecule has 1 N–H and O–H groups in total. The zero-order valence-electron chi connectivity index (χ0n) is 13.1. The zero-order valence-corrected chi connectivity index (χ0v) is 13.1. The lowest BCUT2D eigenvalue weighted by Crippen LogP contribution is -2.40. The summed E-state index contributed by atoms with van der Waals surface area (Å²) in [6.45, 7) is 1.41. The summed E-state index contributed by atoms with van der Waals surface area (Å²) in [6, 6.07) is 5.43. The third kappa shape index (κ3) is 2.73. The summed E-state index contributed by atoms with van der Waals surface area (Å²) >= 11 is 0. The van der Waals surface area contributed by atoms with E-state index in [4.69, 9.17) is 4.74 Å². The van der Waals surface area contributed by atoms with E-state index >= 15 is 0 Å². The maximum atomic E-state index is 12.8. The number of piperidine rings is 1. The number of rotatable bonds is 2. The van der Waals surface area contributed by atoms with Crippen LogP contribution in [0.5, 0.6) is 5.75 Å². The van der Waals surface area contributed by atoms with Gasteiger partial charge in [0.2, 0.25) is 0 Å². The number of ether oxygens (including phenoxy) is 1. The fourth-order valence-corrected chi connectivity index (χ4v) is 3.27. The first kappa shape index (κ1) is 14.7. The van der Waals surface area contributed by atoms with Gasteiger partial charge >= 0.3 is 0 Å². The van der Waals surface area contributed by atoms with Gasteiger partial charge in [0.15, 0.2) is 6.61 Å². The van der Waals surface area contributed by atoms with E-state index in [1.807, 2.05) is 11.1 Å². The molecule has 4 rings (SSSR count). The van der Waals surface area contributed by atoms with Crippen LogP contribution in [0.1, 0.15) is 29.2 Å². The van der Waals surface area contributed by atoms with Crippen LogP contribution in [0.15, 0.2) is 36.9 Å². The molecule has 1 aromatic carbocycles. The smallest absolute Gasteiger partial charge is 0.262 e. The van der Waals surface area contributed by atoms with Gasteiger partial charge in [-0.3, -0.25) is 9.59 Å². The van der Waals surface area contributed by atoms with Gasteiger partial charge in [0.05, 0.1) is 18.1 Å². The summed E-state index contributed by atoms with van der Waals surface area (Å²) in [5, 5.41) is 2.74. The number of anilines is 1. The van der Waals surface area contributed by atoms with Gasteiger partial charge in [0.1, 0.15) is 5.75 Å². The number of imidazole rings is 1. The number of hydrogen-bond acceptors (Lipinski definition) is 4. The maximum Gasteiger partial charge on any atom is 0.262 e. The topological polar surface area (TPSA) is 76.5 Å². The predicted octanol–water partition coefficient (Wildman–Crippen LogP) is 1.69. The Morgan fingerprint density at radius 3 is 3.12 bits per heavy atom. The zero-order chi connectivity index (χ0) is 16.5. The summed E-state index contributed by atoms with van der Waals surface area (Å²) in [6.07, 6.45) is 7.48. The van der Waals surface area contributed by atoms with Crippen molar-refractivity contribution in [1.82, 2.24) is 14.5 Å². The highest BCUT2D eigenvalue weighted by Crippen LogP contribution is 2.30. The molecular formula is C17H18N4O3. The molecule has 124 valence electrons. The predicted molar refractivity (Wildman–Crippen MR) is 87.0 cm³/mol. The van der Waals surface area contributed by atoms with Crippen molar-refractivity contribution in [1.29, 1.82) is 0 Å². The molecule has 1 aromatic heterocycles. The van der Waals surface area contributed by atoms with E-state index in [0.29, 0.717) is 23.5 Å². The third-order valence-electron chi connectivity index (χ3n) is 4.49. The van der Waals surface area contributed by atoms with Crippen LogP contribution in [0.4, 0.5) is 5.69 Å². The first-order chi connectivity index (χ1) is 11.7. The van der Waals surface area contributed by atoms with E-state index in [2.05, 4.69) is 14.9 Å². The number of likely N-dealkylation sites (tertiary alicyclic amines) is 1. The third-order valence-corrected chi connectivity index (χ3v) is 4.49. The van der Waals surface area contributed by atoms with Crippen LogP contribution in [0.25, 0.3) is 0 Å². The Balaban J connectivity index is 1.53. The van der Waals surface area contributed by atoms with Crippen molar-refractivity contribution in [2.24, 2.45) is 0 Å². The number of nitrogens with one attached hydrogen (secondary N) is 1. The standard InChI is InChI=1S/C17H18N4O3/c22-16-10-24-15-4-3-12(8-14(15)19-16)17(23)20-6-1-2-13(9-20)21-7-5-18-11-21/h3-5,7-8,11,13H,1-2,6,9-10H2,(H,19,22)/t13-/m0/s1. The van der Waals surface area contributed by atoms with E-state index in [1.165, 1.54) is 0 Å². The minimum atomic E-state index is -0.203. The summed E-state index contributed by atoms with van der Waals surface area (Å²) < 4.78 is 7.39. The summed E-state index contributed by atoms with van der Waals surface area (Å²) in [5.74, 6) is 0.369. The molecule has 2 aromatic rings. The summed E-state index contributed by atoms with van der Waals surface area (Å²) in [7, 11) is 0. The average molecular weight is 326 g/mol. The molecule has 0 radical (unpaired) electrons. The first-order valence-corrected chi connectivity index (χ1v) is 8.04. The number of aromatic nitrogens is 2. The number of carbonyl (C=O) groups is 2. The van der Waals surface area contributed by atoms with Crippen molar-refractivity contribution in [3.05, 3.63) is 42.5 Å². The molecule has 2 aliphatic heterocycles. The van der Waals surface area contributed by atoms with E-state index < -0.39 is 0 Å². The molecule has 0 bridgehead atoms. The van der Waals surface area contributed by atoms with E-state index in [9.17, 15) is 9.59 Å². The van der Waals surface area contributed by atoms with Crippen LogP contribution in [0.2, 0.25) is 0 Å². The van der Waals surface area contributed by atoms with Crippen LogP contribution < -0.4 is 10.1 Å². The van der Waals surface area contributed by atoms with Gasteiger partial charge in [0.25, 0.3) is 11.8 Å². The molecule has 3 heterocycles. The van der Waals surface area contributed by atoms with Crippen molar-refractivity contribution in [3.8, 4) is 5.75 Å². The fraction of sp³-hybridized carbons (Fsp3) is 0.353. The Hall–Kier alpha value is -2.83. The molecule has 7 heteroatoms. The Kier molecular flexibility index (Phi) is 3.68. The highest BCUT2D eigenvalue weighted by molar-refractivity contribution is 5.99. The number of hydrogen-bond donors (Lipinski definition) is 1.